The summed E-state index contributed by atoms with van der Waals surface area (Å²) >= 11 is 5.85. The van der Waals surface area contributed by atoms with Gasteiger partial charge in [0.25, 0.3) is 5.82 Å². The molecule has 0 N–H and O–H groups in total. The van der Waals surface area contributed by atoms with Crippen LogP contribution < -0.4 is 4.74 Å². The molecule has 7 nitrogen and oxygen atoms in total. The van der Waals surface area contributed by atoms with Gasteiger partial charge < -0.3 is 9.47 Å². The second-order valence-corrected chi connectivity index (χ2v) is 7.91. The molecule has 34 heavy (non-hydrogen) atoms. The number of esters is 1. The molecular formula is C26H22ClN3O4. The number of carbonyl (C=O) groups is 2. The third-order valence-corrected chi connectivity index (χ3v) is 5.21. The molecule has 4 aromatic rings. The van der Waals surface area contributed by atoms with E-state index in [9.17, 15) is 9.59 Å². The Labute approximate surface area is 201 Å². The molecule has 0 spiro atoms. The number of nitrogens with zero attached hydrogens (tertiary/aromatic N) is 3. The molecule has 1 heterocycles. The van der Waals surface area contributed by atoms with Gasteiger partial charge in [0, 0.05) is 16.1 Å². The topological polar surface area (TPSA) is 83.3 Å². The standard InChI is InChI=1S/C26H22ClN3O4/c1-3-33-22-13-11-21(12-14-22)30-25(19-6-4-5-17(2)15-19)28-24(29-30)26(32)34-16-23(31)18-7-9-20(27)10-8-18/h4-15H,3,16H2,1-2H3. The third-order valence-electron chi connectivity index (χ3n) is 4.96. The molecule has 0 fully saturated rings. The van der Waals surface area contributed by atoms with Gasteiger partial charge in [-0.3, -0.25) is 4.79 Å². The smallest absolute Gasteiger partial charge is 0.378 e. The molecule has 172 valence electrons. The monoisotopic (exact) mass is 475 g/mol. The summed E-state index contributed by atoms with van der Waals surface area (Å²) in [5.41, 5.74) is 2.92. The lowest BCUT2D eigenvalue weighted by atomic mass is 10.1. The number of ketones is 1. The van der Waals surface area contributed by atoms with Crippen LogP contribution in [0.3, 0.4) is 0 Å². The number of aromatic nitrogens is 3. The maximum absolute atomic E-state index is 12.7. The first kappa shape index (κ1) is 23.2. The van der Waals surface area contributed by atoms with E-state index in [4.69, 9.17) is 21.1 Å². The molecule has 0 saturated heterocycles. The van der Waals surface area contributed by atoms with Crippen LogP contribution in [0.4, 0.5) is 0 Å². The number of ether oxygens (including phenoxy) is 2. The van der Waals surface area contributed by atoms with Crippen LogP contribution in [-0.2, 0) is 4.74 Å². The van der Waals surface area contributed by atoms with Crippen molar-refractivity contribution in [3.63, 3.8) is 0 Å². The van der Waals surface area contributed by atoms with Crippen LogP contribution in [0.25, 0.3) is 17.1 Å². The fourth-order valence-electron chi connectivity index (χ4n) is 3.31. The lowest BCUT2D eigenvalue weighted by molar-refractivity contribution is 0.0462. The van der Waals surface area contributed by atoms with Gasteiger partial charge in [0.15, 0.2) is 18.2 Å². The molecule has 8 heteroatoms. The summed E-state index contributed by atoms with van der Waals surface area (Å²) in [6.07, 6.45) is 0. The molecule has 0 aliphatic heterocycles. The minimum absolute atomic E-state index is 0.144. The molecular weight excluding hydrogens is 454 g/mol. The highest BCUT2D eigenvalue weighted by Crippen LogP contribution is 2.24. The second-order valence-electron chi connectivity index (χ2n) is 7.47. The first-order valence-electron chi connectivity index (χ1n) is 10.7. The van der Waals surface area contributed by atoms with Crippen LogP contribution in [0.2, 0.25) is 5.02 Å². The number of rotatable bonds is 8. The van der Waals surface area contributed by atoms with Crippen molar-refractivity contribution in [1.82, 2.24) is 14.8 Å². The van der Waals surface area contributed by atoms with Gasteiger partial charge in [0.1, 0.15) is 5.75 Å². The Balaban J connectivity index is 1.61. The first-order valence-corrected chi connectivity index (χ1v) is 11.1. The lowest BCUT2D eigenvalue weighted by Gasteiger charge is -2.08. The number of carbonyl (C=O) groups excluding carboxylic acids is 2. The van der Waals surface area contributed by atoms with Gasteiger partial charge in [-0.15, -0.1) is 5.10 Å². The quantitative estimate of drug-likeness (QED) is 0.253. The lowest BCUT2D eigenvalue weighted by Crippen LogP contribution is -2.15. The summed E-state index contributed by atoms with van der Waals surface area (Å²) in [5, 5.41) is 4.90. The molecule has 0 aliphatic rings. The van der Waals surface area contributed by atoms with Crippen molar-refractivity contribution in [2.24, 2.45) is 0 Å². The Morgan fingerprint density at radius 1 is 1.00 bits per heavy atom. The van der Waals surface area contributed by atoms with Crippen LogP contribution in [0.15, 0.2) is 72.8 Å². The molecule has 0 radical (unpaired) electrons. The van der Waals surface area contributed by atoms with Gasteiger partial charge in [0.05, 0.1) is 12.3 Å². The van der Waals surface area contributed by atoms with E-state index in [1.54, 1.807) is 28.9 Å². The van der Waals surface area contributed by atoms with Gasteiger partial charge in [0.2, 0.25) is 0 Å². The predicted molar refractivity (Wildman–Crippen MR) is 129 cm³/mol. The molecule has 0 bridgehead atoms. The largest absolute Gasteiger partial charge is 0.494 e. The van der Waals surface area contributed by atoms with Crippen molar-refractivity contribution in [1.29, 1.82) is 0 Å². The Hall–Kier alpha value is -3.97. The van der Waals surface area contributed by atoms with E-state index in [0.717, 1.165) is 16.9 Å². The molecule has 1 aromatic heterocycles. The Morgan fingerprint density at radius 2 is 1.74 bits per heavy atom. The first-order chi connectivity index (χ1) is 16.4. The van der Waals surface area contributed by atoms with E-state index in [1.807, 2.05) is 62.4 Å². The normalized spacial score (nSPS) is 10.7. The summed E-state index contributed by atoms with van der Waals surface area (Å²) in [6.45, 7) is 4.01. The minimum Gasteiger partial charge on any atom is -0.494 e. The van der Waals surface area contributed by atoms with Crippen molar-refractivity contribution in [2.75, 3.05) is 13.2 Å². The number of benzene rings is 3. The van der Waals surface area contributed by atoms with Gasteiger partial charge >= 0.3 is 5.97 Å². The fraction of sp³-hybridized carbons (Fsp3) is 0.154. The van der Waals surface area contributed by atoms with E-state index >= 15 is 0 Å². The van der Waals surface area contributed by atoms with Crippen molar-refractivity contribution < 1.29 is 19.1 Å². The summed E-state index contributed by atoms with van der Waals surface area (Å²) in [7, 11) is 0. The molecule has 0 amide bonds. The Bertz CT molecular complexity index is 1310. The van der Waals surface area contributed by atoms with Gasteiger partial charge in [-0.25, -0.2) is 14.5 Å². The van der Waals surface area contributed by atoms with Crippen LogP contribution in [-0.4, -0.2) is 39.7 Å². The number of halogens is 1. The predicted octanol–water partition coefficient (Wildman–Crippen LogP) is 5.33. The highest BCUT2D eigenvalue weighted by Gasteiger charge is 2.21. The van der Waals surface area contributed by atoms with Crippen LogP contribution >= 0.6 is 11.6 Å². The number of aryl methyl sites for hydroxylation is 1. The summed E-state index contributed by atoms with van der Waals surface area (Å²) in [5.74, 6) is -0.0854. The average molecular weight is 476 g/mol. The summed E-state index contributed by atoms with van der Waals surface area (Å²) < 4.78 is 12.3. The van der Waals surface area contributed by atoms with Crippen LogP contribution in [0.1, 0.15) is 33.5 Å². The molecule has 0 unspecified atom stereocenters. The Kier molecular flexibility index (Phi) is 7.04. The summed E-state index contributed by atoms with van der Waals surface area (Å²) in [6, 6.07) is 21.4. The molecule has 0 aliphatic carbocycles. The van der Waals surface area contributed by atoms with E-state index < -0.39 is 12.6 Å². The van der Waals surface area contributed by atoms with Crippen molar-refractivity contribution in [2.45, 2.75) is 13.8 Å². The number of hydrogen-bond donors (Lipinski definition) is 0. The highest BCUT2D eigenvalue weighted by atomic mass is 35.5. The highest BCUT2D eigenvalue weighted by molar-refractivity contribution is 6.30. The van der Waals surface area contributed by atoms with E-state index in [-0.39, 0.29) is 11.6 Å². The van der Waals surface area contributed by atoms with Crippen molar-refractivity contribution in [3.05, 3.63) is 94.8 Å². The van der Waals surface area contributed by atoms with Crippen LogP contribution in [0.5, 0.6) is 5.75 Å². The molecule has 0 saturated carbocycles. The number of Topliss-reactive ketones (excluding diaryl/α,β-unsaturated/α-hetero) is 1. The van der Waals surface area contributed by atoms with Crippen molar-refractivity contribution >= 4 is 23.4 Å². The zero-order valence-electron chi connectivity index (χ0n) is 18.7. The zero-order chi connectivity index (χ0) is 24.1. The van der Waals surface area contributed by atoms with Gasteiger partial charge in [-0.2, -0.15) is 0 Å². The minimum atomic E-state index is -0.791. The second kappa shape index (κ2) is 10.3. The van der Waals surface area contributed by atoms with Gasteiger partial charge in [-0.05, 0) is 68.4 Å². The maximum Gasteiger partial charge on any atom is 0.378 e. The zero-order valence-corrected chi connectivity index (χ0v) is 19.5. The molecule has 3 aromatic carbocycles. The van der Waals surface area contributed by atoms with Gasteiger partial charge in [-0.1, -0.05) is 35.4 Å². The summed E-state index contributed by atoms with van der Waals surface area (Å²) in [4.78, 5) is 29.5. The molecule has 0 atom stereocenters. The van der Waals surface area contributed by atoms with Crippen LogP contribution in [0, 0.1) is 6.92 Å². The van der Waals surface area contributed by atoms with E-state index in [0.29, 0.717) is 28.7 Å². The average Bonchev–Trinajstić information content (AvgIpc) is 3.29. The number of hydrogen-bond acceptors (Lipinski definition) is 6. The third kappa shape index (κ3) is 5.32. The maximum atomic E-state index is 12.7. The SMILES string of the molecule is CCOc1ccc(-n2nc(C(=O)OCC(=O)c3ccc(Cl)cc3)nc2-c2cccc(C)c2)cc1. The van der Waals surface area contributed by atoms with E-state index in [1.165, 1.54) is 0 Å². The van der Waals surface area contributed by atoms with Crippen molar-refractivity contribution in [3.8, 4) is 22.8 Å². The molecule has 4 rings (SSSR count). The van der Waals surface area contributed by atoms with E-state index in [2.05, 4.69) is 10.1 Å². The fourth-order valence-corrected chi connectivity index (χ4v) is 3.44. The Morgan fingerprint density at radius 3 is 2.41 bits per heavy atom.